The topological polar surface area (TPSA) is 76.3 Å². The molecule has 0 saturated carbocycles. The molecule has 0 aliphatic rings. The fraction of sp³-hybridized carbons (Fsp3) is 0.176. The lowest BCUT2D eigenvalue weighted by Crippen LogP contribution is -2.20. The summed E-state index contributed by atoms with van der Waals surface area (Å²) in [4.78, 5) is 23.7. The lowest BCUT2D eigenvalue weighted by molar-refractivity contribution is 0.262. The van der Waals surface area contributed by atoms with E-state index in [1.165, 1.54) is 10.6 Å². The Bertz CT molecular complexity index is 994. The average Bonchev–Trinajstić information content (AvgIpc) is 2.86. The Morgan fingerprint density at radius 2 is 1.96 bits per heavy atom. The molecule has 8 heteroatoms. The molecule has 25 heavy (non-hydrogen) atoms. The number of rotatable bonds is 4. The van der Waals surface area contributed by atoms with Crippen LogP contribution in [0.4, 0.5) is 25.0 Å². The number of aryl methyl sites for hydroxylation is 1. The first kappa shape index (κ1) is 16.7. The minimum Gasteiger partial charge on any atom is -0.408 e. The van der Waals surface area contributed by atoms with E-state index >= 15 is 0 Å². The highest BCUT2D eigenvalue weighted by Gasteiger charge is 2.12. The van der Waals surface area contributed by atoms with Crippen molar-refractivity contribution >= 4 is 28.5 Å². The third kappa shape index (κ3) is 3.52. The number of carbonyl (C=O) groups is 1. The molecule has 0 spiro atoms. The summed E-state index contributed by atoms with van der Waals surface area (Å²) >= 11 is 0. The number of benzene rings is 2. The van der Waals surface area contributed by atoms with E-state index in [0.717, 1.165) is 24.6 Å². The third-order valence-corrected chi connectivity index (χ3v) is 3.55. The fourth-order valence-corrected chi connectivity index (χ4v) is 2.46. The minimum atomic E-state index is -0.755. The van der Waals surface area contributed by atoms with Gasteiger partial charge in [-0.3, -0.25) is 4.57 Å². The van der Waals surface area contributed by atoms with Gasteiger partial charge in [0.25, 0.3) is 0 Å². The van der Waals surface area contributed by atoms with Crippen molar-refractivity contribution in [3.05, 3.63) is 58.6 Å². The molecule has 0 aliphatic carbocycles. The number of amides is 2. The van der Waals surface area contributed by atoms with Crippen molar-refractivity contribution < 1.29 is 18.0 Å². The van der Waals surface area contributed by atoms with Crippen LogP contribution < -0.4 is 16.4 Å². The molecule has 0 bridgehead atoms. The van der Waals surface area contributed by atoms with Crippen LogP contribution in [0.1, 0.15) is 13.3 Å². The van der Waals surface area contributed by atoms with Crippen molar-refractivity contribution in [1.82, 2.24) is 4.57 Å². The number of carbonyl (C=O) groups excluding carboxylic acids is 1. The van der Waals surface area contributed by atoms with E-state index in [4.69, 9.17) is 4.42 Å². The average molecular weight is 347 g/mol. The lowest BCUT2D eigenvalue weighted by Gasteiger charge is -2.08. The van der Waals surface area contributed by atoms with Crippen LogP contribution in [0.15, 0.2) is 45.6 Å². The van der Waals surface area contributed by atoms with Crippen LogP contribution in [-0.4, -0.2) is 10.6 Å². The molecule has 6 nitrogen and oxygen atoms in total. The van der Waals surface area contributed by atoms with E-state index in [-0.39, 0.29) is 5.69 Å². The predicted molar refractivity (Wildman–Crippen MR) is 89.8 cm³/mol. The number of urea groups is 1. The smallest absolute Gasteiger partial charge is 0.408 e. The van der Waals surface area contributed by atoms with Crippen LogP contribution in [0.5, 0.6) is 0 Å². The van der Waals surface area contributed by atoms with Crippen molar-refractivity contribution in [2.75, 3.05) is 10.6 Å². The van der Waals surface area contributed by atoms with Crippen LogP contribution >= 0.6 is 0 Å². The molecule has 2 aromatic carbocycles. The lowest BCUT2D eigenvalue weighted by atomic mass is 10.2. The molecule has 2 amide bonds. The highest BCUT2D eigenvalue weighted by Crippen LogP contribution is 2.20. The van der Waals surface area contributed by atoms with E-state index in [2.05, 4.69) is 10.6 Å². The number of oxazole rings is 1. The summed E-state index contributed by atoms with van der Waals surface area (Å²) in [5.41, 5.74) is 1.01. The van der Waals surface area contributed by atoms with Crippen LogP contribution in [0.3, 0.4) is 0 Å². The predicted octanol–water partition coefficient (Wildman–Crippen LogP) is 3.93. The second-order valence-electron chi connectivity index (χ2n) is 5.41. The molecule has 0 unspecified atom stereocenters. The quantitative estimate of drug-likeness (QED) is 0.751. The first-order valence-corrected chi connectivity index (χ1v) is 7.64. The fourth-order valence-electron chi connectivity index (χ4n) is 2.46. The Labute approximate surface area is 141 Å². The van der Waals surface area contributed by atoms with Crippen molar-refractivity contribution in [2.45, 2.75) is 19.9 Å². The summed E-state index contributed by atoms with van der Waals surface area (Å²) in [6, 6.07) is 6.72. The molecule has 0 aliphatic heterocycles. The largest absolute Gasteiger partial charge is 0.419 e. The molecule has 0 atom stereocenters. The Balaban J connectivity index is 1.79. The third-order valence-electron chi connectivity index (χ3n) is 3.55. The molecule has 3 aromatic rings. The van der Waals surface area contributed by atoms with Crippen molar-refractivity contribution in [1.29, 1.82) is 0 Å². The van der Waals surface area contributed by atoms with Gasteiger partial charge >= 0.3 is 11.8 Å². The molecule has 3 rings (SSSR count). The zero-order valence-electron chi connectivity index (χ0n) is 13.3. The monoisotopic (exact) mass is 347 g/mol. The first-order valence-electron chi connectivity index (χ1n) is 7.64. The van der Waals surface area contributed by atoms with Gasteiger partial charge in [-0.15, -0.1) is 0 Å². The zero-order valence-corrected chi connectivity index (χ0v) is 13.3. The number of halogens is 2. The molecule has 0 radical (unpaired) electrons. The summed E-state index contributed by atoms with van der Waals surface area (Å²) in [5.74, 6) is -1.90. The molecular formula is C17H15F2N3O3. The Kier molecular flexibility index (Phi) is 4.51. The summed E-state index contributed by atoms with van der Waals surface area (Å²) < 4.78 is 33.3. The van der Waals surface area contributed by atoms with Crippen molar-refractivity contribution in [3.63, 3.8) is 0 Å². The first-order chi connectivity index (χ1) is 12.0. The number of hydrogen-bond acceptors (Lipinski definition) is 3. The SMILES string of the molecule is CCCn1c(=O)oc2cc(NC(=O)Nc3cc(F)ccc3F)ccc21. The van der Waals surface area contributed by atoms with Gasteiger partial charge in [0.2, 0.25) is 0 Å². The van der Waals surface area contributed by atoms with Gasteiger partial charge in [-0.05, 0) is 30.7 Å². The number of fused-ring (bicyclic) bond motifs is 1. The van der Waals surface area contributed by atoms with E-state index < -0.39 is 23.4 Å². The van der Waals surface area contributed by atoms with E-state index in [9.17, 15) is 18.4 Å². The van der Waals surface area contributed by atoms with Crippen LogP contribution in [0.2, 0.25) is 0 Å². The maximum absolute atomic E-state index is 13.5. The van der Waals surface area contributed by atoms with Gasteiger partial charge < -0.3 is 15.1 Å². The van der Waals surface area contributed by atoms with Gasteiger partial charge in [-0.25, -0.2) is 18.4 Å². The van der Waals surface area contributed by atoms with Crippen LogP contribution in [0.25, 0.3) is 11.1 Å². The van der Waals surface area contributed by atoms with Crippen molar-refractivity contribution in [2.24, 2.45) is 0 Å². The second-order valence-corrected chi connectivity index (χ2v) is 5.41. The Hall–Kier alpha value is -3.16. The summed E-state index contributed by atoms with van der Waals surface area (Å²) in [7, 11) is 0. The molecule has 1 heterocycles. The van der Waals surface area contributed by atoms with Crippen molar-refractivity contribution in [3.8, 4) is 0 Å². The zero-order chi connectivity index (χ0) is 18.0. The van der Waals surface area contributed by atoms with Crippen LogP contribution in [0, 0.1) is 11.6 Å². The molecular weight excluding hydrogens is 332 g/mol. The molecule has 0 fully saturated rings. The van der Waals surface area contributed by atoms with Gasteiger partial charge in [0.15, 0.2) is 5.58 Å². The van der Waals surface area contributed by atoms with Gasteiger partial charge in [0, 0.05) is 24.4 Å². The standard InChI is InChI=1S/C17H15F2N3O3/c1-2-7-22-14-6-4-11(9-15(14)25-17(22)24)20-16(23)21-13-8-10(18)3-5-12(13)19/h3-6,8-9H,2,7H2,1H3,(H2,20,21,23). The summed E-state index contributed by atoms with van der Waals surface area (Å²) in [5, 5.41) is 4.70. The van der Waals surface area contributed by atoms with Gasteiger partial charge in [0.1, 0.15) is 11.6 Å². The van der Waals surface area contributed by atoms with E-state index in [1.807, 2.05) is 6.92 Å². The molecule has 0 saturated heterocycles. The summed E-state index contributed by atoms with van der Waals surface area (Å²) in [6.45, 7) is 2.47. The van der Waals surface area contributed by atoms with E-state index in [0.29, 0.717) is 23.3 Å². The number of anilines is 2. The Morgan fingerprint density at radius 3 is 2.72 bits per heavy atom. The highest BCUT2D eigenvalue weighted by molar-refractivity contribution is 6.00. The number of nitrogens with zero attached hydrogens (tertiary/aromatic N) is 1. The van der Waals surface area contributed by atoms with Gasteiger partial charge in [-0.2, -0.15) is 0 Å². The maximum Gasteiger partial charge on any atom is 0.419 e. The normalized spacial score (nSPS) is 10.8. The van der Waals surface area contributed by atoms with Gasteiger partial charge in [0.05, 0.1) is 11.2 Å². The molecule has 1 aromatic heterocycles. The minimum absolute atomic E-state index is 0.279. The van der Waals surface area contributed by atoms with Crippen LogP contribution in [-0.2, 0) is 6.54 Å². The highest BCUT2D eigenvalue weighted by atomic mass is 19.1. The number of aromatic nitrogens is 1. The second kappa shape index (κ2) is 6.76. The maximum atomic E-state index is 13.5. The summed E-state index contributed by atoms with van der Waals surface area (Å²) in [6.07, 6.45) is 0.774. The molecule has 130 valence electrons. The Morgan fingerprint density at radius 1 is 1.16 bits per heavy atom. The van der Waals surface area contributed by atoms with Gasteiger partial charge in [-0.1, -0.05) is 6.92 Å². The molecule has 2 N–H and O–H groups in total. The number of hydrogen-bond donors (Lipinski definition) is 2. The van der Waals surface area contributed by atoms with E-state index in [1.54, 1.807) is 12.1 Å². The number of nitrogens with one attached hydrogen (secondary N) is 2.